The van der Waals surface area contributed by atoms with Gasteiger partial charge in [0.05, 0.1) is 0 Å². The molecule has 0 aliphatic carbocycles. The third-order valence-corrected chi connectivity index (χ3v) is 3.68. The number of anilines is 1. The Balaban J connectivity index is 1.72. The van der Waals surface area contributed by atoms with E-state index >= 15 is 0 Å². The van der Waals surface area contributed by atoms with Crippen molar-refractivity contribution < 1.29 is 9.59 Å². The molecule has 0 saturated carbocycles. The lowest BCUT2D eigenvalue weighted by Gasteiger charge is -2.32. The predicted molar refractivity (Wildman–Crippen MR) is 80.9 cm³/mol. The molecule has 2 heterocycles. The minimum absolute atomic E-state index is 0.420. The third kappa shape index (κ3) is 4.44. The maximum absolute atomic E-state index is 11.5. The Hall–Kier alpha value is -2.11. The van der Waals surface area contributed by atoms with Gasteiger partial charge in [-0.3, -0.25) is 9.59 Å². The van der Waals surface area contributed by atoms with E-state index in [0.29, 0.717) is 19.0 Å². The Kier molecular flexibility index (Phi) is 5.54. The van der Waals surface area contributed by atoms with Crippen molar-refractivity contribution in [1.29, 1.82) is 0 Å². The van der Waals surface area contributed by atoms with Gasteiger partial charge >= 0.3 is 11.8 Å². The zero-order valence-corrected chi connectivity index (χ0v) is 12.3. The van der Waals surface area contributed by atoms with E-state index in [1.165, 1.54) is 0 Å². The van der Waals surface area contributed by atoms with E-state index < -0.39 is 11.8 Å². The van der Waals surface area contributed by atoms with Crippen LogP contribution in [0.3, 0.4) is 0 Å². The first-order valence-corrected chi connectivity index (χ1v) is 7.42. The number of carbonyl (C=O) groups excluding carboxylic acids is 2. The average molecular weight is 290 g/mol. The van der Waals surface area contributed by atoms with Crippen LogP contribution < -0.4 is 15.5 Å². The van der Waals surface area contributed by atoms with Crippen molar-refractivity contribution in [1.82, 2.24) is 15.6 Å². The third-order valence-electron chi connectivity index (χ3n) is 3.68. The van der Waals surface area contributed by atoms with Gasteiger partial charge in [-0.05, 0) is 37.8 Å². The van der Waals surface area contributed by atoms with Crippen molar-refractivity contribution in [3.63, 3.8) is 0 Å². The topological polar surface area (TPSA) is 74.3 Å². The summed E-state index contributed by atoms with van der Waals surface area (Å²) in [5, 5.41) is 5.20. The molecule has 1 aliphatic heterocycles. The monoisotopic (exact) mass is 290 g/mol. The van der Waals surface area contributed by atoms with E-state index in [4.69, 9.17) is 0 Å². The smallest absolute Gasteiger partial charge is 0.309 e. The minimum Gasteiger partial charge on any atom is -0.357 e. The average Bonchev–Trinajstić information content (AvgIpc) is 2.54. The first-order chi connectivity index (χ1) is 10.2. The number of likely N-dealkylation sites (N-methyl/N-ethyl adjacent to an activating group) is 1. The minimum atomic E-state index is -0.552. The number of rotatable bonds is 4. The Morgan fingerprint density at radius 1 is 1.24 bits per heavy atom. The number of pyridine rings is 1. The molecule has 2 N–H and O–H groups in total. The van der Waals surface area contributed by atoms with E-state index in [1.807, 2.05) is 18.2 Å². The predicted octanol–water partition coefficient (Wildman–Crippen LogP) is 0.550. The van der Waals surface area contributed by atoms with Crippen LogP contribution >= 0.6 is 0 Å². The summed E-state index contributed by atoms with van der Waals surface area (Å²) in [6, 6.07) is 5.91. The SMILES string of the molecule is CCNC(=O)C(=O)NCC1CCN(c2ccccn2)CC1. The highest BCUT2D eigenvalue weighted by Gasteiger charge is 2.21. The van der Waals surface area contributed by atoms with Gasteiger partial charge in [0.25, 0.3) is 0 Å². The van der Waals surface area contributed by atoms with Crippen molar-refractivity contribution in [3.8, 4) is 0 Å². The molecule has 21 heavy (non-hydrogen) atoms. The lowest BCUT2D eigenvalue weighted by molar-refractivity contribution is -0.139. The molecule has 0 bridgehead atoms. The summed E-state index contributed by atoms with van der Waals surface area (Å²) in [5.41, 5.74) is 0. The highest BCUT2D eigenvalue weighted by molar-refractivity contribution is 6.35. The molecule has 1 aromatic heterocycles. The first kappa shape index (κ1) is 15.3. The van der Waals surface area contributed by atoms with Crippen LogP contribution in [0.4, 0.5) is 5.82 Å². The maximum atomic E-state index is 11.5. The Morgan fingerprint density at radius 3 is 2.57 bits per heavy atom. The number of amides is 2. The van der Waals surface area contributed by atoms with Crippen LogP contribution in [0.1, 0.15) is 19.8 Å². The summed E-state index contributed by atoms with van der Waals surface area (Å²) in [6.07, 6.45) is 3.78. The van der Waals surface area contributed by atoms with E-state index in [-0.39, 0.29) is 0 Å². The summed E-state index contributed by atoms with van der Waals surface area (Å²) in [6.45, 7) is 4.68. The van der Waals surface area contributed by atoms with Crippen LogP contribution in [-0.2, 0) is 9.59 Å². The van der Waals surface area contributed by atoms with E-state index in [2.05, 4.69) is 20.5 Å². The summed E-state index contributed by atoms with van der Waals surface area (Å²) < 4.78 is 0. The molecule has 1 saturated heterocycles. The molecule has 6 heteroatoms. The van der Waals surface area contributed by atoms with Gasteiger partial charge in [0.2, 0.25) is 0 Å². The number of aromatic nitrogens is 1. The molecule has 1 aliphatic rings. The summed E-state index contributed by atoms with van der Waals surface area (Å²) >= 11 is 0. The largest absolute Gasteiger partial charge is 0.357 e. The van der Waals surface area contributed by atoms with Crippen LogP contribution in [0.25, 0.3) is 0 Å². The fourth-order valence-corrected chi connectivity index (χ4v) is 2.47. The number of nitrogens with one attached hydrogen (secondary N) is 2. The first-order valence-electron chi connectivity index (χ1n) is 7.42. The van der Waals surface area contributed by atoms with Crippen LogP contribution in [0.15, 0.2) is 24.4 Å². The highest BCUT2D eigenvalue weighted by Crippen LogP contribution is 2.20. The number of carbonyl (C=O) groups is 2. The zero-order valence-electron chi connectivity index (χ0n) is 12.3. The molecule has 1 fully saturated rings. The van der Waals surface area contributed by atoms with Crippen molar-refractivity contribution >= 4 is 17.6 Å². The number of hydrogen-bond acceptors (Lipinski definition) is 4. The summed E-state index contributed by atoms with van der Waals surface area (Å²) in [5.74, 6) is 0.332. The van der Waals surface area contributed by atoms with Gasteiger partial charge in [0.15, 0.2) is 0 Å². The molecule has 1 aromatic rings. The normalized spacial score (nSPS) is 15.6. The van der Waals surface area contributed by atoms with E-state index in [9.17, 15) is 9.59 Å². The molecule has 2 amide bonds. The van der Waals surface area contributed by atoms with Gasteiger partial charge in [-0.25, -0.2) is 4.98 Å². The van der Waals surface area contributed by atoms with Crippen molar-refractivity contribution in [3.05, 3.63) is 24.4 Å². The Morgan fingerprint density at radius 2 is 1.95 bits per heavy atom. The second-order valence-electron chi connectivity index (χ2n) is 5.19. The molecule has 0 aromatic carbocycles. The Bertz CT molecular complexity index is 470. The fourth-order valence-electron chi connectivity index (χ4n) is 2.47. The molecule has 0 unspecified atom stereocenters. The van der Waals surface area contributed by atoms with Crippen molar-refractivity contribution in [2.75, 3.05) is 31.1 Å². The van der Waals surface area contributed by atoms with Gasteiger partial charge in [0, 0.05) is 32.4 Å². The van der Waals surface area contributed by atoms with Crippen LogP contribution in [-0.4, -0.2) is 43.0 Å². The molecular formula is C15H22N4O2. The Labute approximate surface area is 124 Å². The van der Waals surface area contributed by atoms with Crippen LogP contribution in [0.2, 0.25) is 0 Å². The molecule has 0 spiro atoms. The summed E-state index contributed by atoms with van der Waals surface area (Å²) in [7, 11) is 0. The molecular weight excluding hydrogens is 268 g/mol. The second kappa shape index (κ2) is 7.61. The maximum Gasteiger partial charge on any atom is 0.309 e. The quantitative estimate of drug-likeness (QED) is 0.794. The molecule has 6 nitrogen and oxygen atoms in total. The lowest BCUT2D eigenvalue weighted by atomic mass is 9.97. The zero-order chi connectivity index (χ0) is 15.1. The van der Waals surface area contributed by atoms with Crippen molar-refractivity contribution in [2.45, 2.75) is 19.8 Å². The molecule has 2 rings (SSSR count). The van der Waals surface area contributed by atoms with Gasteiger partial charge in [-0.2, -0.15) is 0 Å². The van der Waals surface area contributed by atoms with Gasteiger partial charge in [-0.1, -0.05) is 6.07 Å². The van der Waals surface area contributed by atoms with Crippen molar-refractivity contribution in [2.24, 2.45) is 5.92 Å². The van der Waals surface area contributed by atoms with Gasteiger partial charge < -0.3 is 15.5 Å². The standard InChI is InChI=1S/C15H22N4O2/c1-2-16-14(20)15(21)18-11-12-6-9-19(10-7-12)13-5-3-4-8-17-13/h3-5,8,12H,2,6-7,9-11H2,1H3,(H,16,20)(H,18,21). The number of hydrogen-bond donors (Lipinski definition) is 2. The number of nitrogens with zero attached hydrogens (tertiary/aromatic N) is 2. The van der Waals surface area contributed by atoms with Crippen LogP contribution in [0.5, 0.6) is 0 Å². The van der Waals surface area contributed by atoms with E-state index in [1.54, 1.807) is 13.1 Å². The van der Waals surface area contributed by atoms with E-state index in [0.717, 1.165) is 31.7 Å². The highest BCUT2D eigenvalue weighted by atomic mass is 16.2. The fraction of sp³-hybridized carbons (Fsp3) is 0.533. The molecule has 0 atom stereocenters. The van der Waals surface area contributed by atoms with Gasteiger partial charge in [0.1, 0.15) is 5.82 Å². The van der Waals surface area contributed by atoms with Gasteiger partial charge in [-0.15, -0.1) is 0 Å². The molecule has 114 valence electrons. The van der Waals surface area contributed by atoms with Crippen LogP contribution in [0, 0.1) is 5.92 Å². The number of piperidine rings is 1. The molecule has 0 radical (unpaired) electrons. The second-order valence-corrected chi connectivity index (χ2v) is 5.19. The summed E-state index contributed by atoms with van der Waals surface area (Å²) in [4.78, 5) is 29.4. The lowest BCUT2D eigenvalue weighted by Crippen LogP contribution is -2.43.